The van der Waals surface area contributed by atoms with Crippen LogP contribution in [0.5, 0.6) is 5.75 Å². The summed E-state index contributed by atoms with van der Waals surface area (Å²) in [6.07, 6.45) is 3.24. The molecule has 116 valence electrons. The Hall–Kier alpha value is -0.770. The summed E-state index contributed by atoms with van der Waals surface area (Å²) in [5, 5.41) is 7.95. The Morgan fingerprint density at radius 1 is 1.48 bits per heavy atom. The summed E-state index contributed by atoms with van der Waals surface area (Å²) >= 11 is 6.19. The molecule has 4 heteroatoms. The molecule has 0 aromatic heterocycles. The zero-order valence-electron chi connectivity index (χ0n) is 12.9. The highest BCUT2D eigenvalue weighted by Gasteiger charge is 2.46. The van der Waals surface area contributed by atoms with Gasteiger partial charge >= 0.3 is 0 Å². The van der Waals surface area contributed by atoms with E-state index in [1.54, 1.807) is 0 Å². The van der Waals surface area contributed by atoms with Gasteiger partial charge in [0.25, 0.3) is 0 Å². The van der Waals surface area contributed by atoms with Gasteiger partial charge in [0, 0.05) is 35.5 Å². The number of nitrogens with one attached hydrogen (secondary N) is 2. The van der Waals surface area contributed by atoms with Gasteiger partial charge in [0.15, 0.2) is 0 Å². The number of halogens is 1. The number of ether oxygens (including phenoxy) is 1. The van der Waals surface area contributed by atoms with Gasteiger partial charge < -0.3 is 15.4 Å². The Morgan fingerprint density at radius 2 is 2.33 bits per heavy atom. The van der Waals surface area contributed by atoms with Crippen LogP contribution in [0.2, 0.25) is 5.02 Å². The van der Waals surface area contributed by atoms with Gasteiger partial charge in [-0.2, -0.15) is 0 Å². The molecule has 21 heavy (non-hydrogen) atoms. The van der Waals surface area contributed by atoms with Crippen LogP contribution in [0.25, 0.3) is 0 Å². The predicted molar refractivity (Wildman–Crippen MR) is 87.1 cm³/mol. The summed E-state index contributed by atoms with van der Waals surface area (Å²) in [5.41, 5.74) is 1.17. The van der Waals surface area contributed by atoms with Gasteiger partial charge in [-0.1, -0.05) is 25.4 Å². The number of rotatable bonds is 3. The average Bonchev–Trinajstić information content (AvgIpc) is 2.49. The van der Waals surface area contributed by atoms with Crippen molar-refractivity contribution >= 4 is 11.6 Å². The van der Waals surface area contributed by atoms with Crippen LogP contribution in [0, 0.1) is 5.92 Å². The summed E-state index contributed by atoms with van der Waals surface area (Å²) in [4.78, 5) is 0. The largest absolute Gasteiger partial charge is 0.486 e. The van der Waals surface area contributed by atoms with Crippen LogP contribution in [0.1, 0.15) is 44.7 Å². The van der Waals surface area contributed by atoms with Crippen LogP contribution in [0.4, 0.5) is 0 Å². The Morgan fingerprint density at radius 3 is 3.10 bits per heavy atom. The molecule has 2 aliphatic heterocycles. The van der Waals surface area contributed by atoms with Gasteiger partial charge in [0.2, 0.25) is 0 Å². The molecule has 2 aliphatic rings. The van der Waals surface area contributed by atoms with E-state index in [9.17, 15) is 0 Å². The number of piperidine rings is 1. The molecular formula is C17H25ClN2O. The van der Waals surface area contributed by atoms with Crippen molar-refractivity contribution in [3.63, 3.8) is 0 Å². The molecule has 1 aromatic rings. The lowest BCUT2D eigenvalue weighted by Gasteiger charge is -2.48. The van der Waals surface area contributed by atoms with E-state index < -0.39 is 0 Å². The fourth-order valence-electron chi connectivity index (χ4n) is 3.61. The molecule has 3 atom stereocenters. The van der Waals surface area contributed by atoms with Crippen LogP contribution < -0.4 is 15.4 Å². The molecule has 0 bridgehead atoms. The highest BCUT2D eigenvalue weighted by Crippen LogP contribution is 2.46. The minimum Gasteiger partial charge on any atom is -0.486 e. The molecule has 1 fully saturated rings. The Kier molecular flexibility index (Phi) is 4.43. The normalized spacial score (nSPS) is 31.8. The van der Waals surface area contributed by atoms with Crippen molar-refractivity contribution in [3.05, 3.63) is 28.8 Å². The van der Waals surface area contributed by atoms with Gasteiger partial charge in [-0.3, -0.25) is 0 Å². The van der Waals surface area contributed by atoms with Crippen LogP contribution >= 0.6 is 11.6 Å². The molecule has 3 unspecified atom stereocenters. The van der Waals surface area contributed by atoms with E-state index in [0.717, 1.165) is 49.7 Å². The molecule has 2 N–H and O–H groups in total. The summed E-state index contributed by atoms with van der Waals surface area (Å²) in [6.45, 7) is 7.59. The zero-order valence-corrected chi connectivity index (χ0v) is 13.7. The fraction of sp³-hybridized carbons (Fsp3) is 0.647. The first-order valence-corrected chi connectivity index (χ1v) is 8.45. The number of fused-ring (bicyclic) bond motifs is 1. The van der Waals surface area contributed by atoms with Crippen LogP contribution in [0.15, 0.2) is 18.2 Å². The summed E-state index contributed by atoms with van der Waals surface area (Å²) in [5.74, 6) is 1.52. The fourth-order valence-corrected chi connectivity index (χ4v) is 3.79. The lowest BCUT2D eigenvalue weighted by molar-refractivity contribution is -0.0372. The molecule has 0 aliphatic carbocycles. The zero-order chi connectivity index (χ0) is 14.9. The van der Waals surface area contributed by atoms with Crippen molar-refractivity contribution in [2.24, 2.45) is 5.92 Å². The Balaban J connectivity index is 1.94. The van der Waals surface area contributed by atoms with Gasteiger partial charge in [-0.25, -0.2) is 0 Å². The molecule has 3 rings (SSSR count). The van der Waals surface area contributed by atoms with Gasteiger partial charge in [-0.05, 0) is 44.1 Å². The molecule has 1 saturated heterocycles. The van der Waals surface area contributed by atoms with Crippen molar-refractivity contribution in [2.75, 3.05) is 19.6 Å². The van der Waals surface area contributed by atoms with Crippen LogP contribution in [0.3, 0.4) is 0 Å². The van der Waals surface area contributed by atoms with E-state index in [2.05, 4.69) is 30.5 Å². The Bertz CT molecular complexity index is 508. The van der Waals surface area contributed by atoms with Crippen molar-refractivity contribution in [3.8, 4) is 5.75 Å². The highest BCUT2D eigenvalue weighted by molar-refractivity contribution is 6.30. The maximum absolute atomic E-state index is 6.50. The predicted octanol–water partition coefficient (Wildman–Crippen LogP) is 3.53. The molecule has 2 heterocycles. The molecule has 1 spiro atoms. The van der Waals surface area contributed by atoms with E-state index >= 15 is 0 Å². The molecule has 0 amide bonds. The van der Waals surface area contributed by atoms with Crippen LogP contribution in [-0.4, -0.2) is 25.2 Å². The maximum atomic E-state index is 6.50. The van der Waals surface area contributed by atoms with Crippen molar-refractivity contribution in [2.45, 2.75) is 44.8 Å². The quantitative estimate of drug-likeness (QED) is 0.896. The van der Waals surface area contributed by atoms with Gasteiger partial charge in [-0.15, -0.1) is 0 Å². The number of hydrogen-bond donors (Lipinski definition) is 2. The molecular weight excluding hydrogens is 284 g/mol. The smallest absolute Gasteiger partial charge is 0.125 e. The standard InChI is InChI=1S/C17H25ClN2O/c1-3-7-20-15-10-17(6-8-19-11-12(17)2)21-16-5-4-13(18)9-14(15)16/h4-5,9,12,15,19-20H,3,6-8,10-11H2,1-2H3. The molecule has 0 radical (unpaired) electrons. The SMILES string of the molecule is CCCNC1CC2(CCNCC2C)Oc2ccc(Cl)cc21. The minimum atomic E-state index is -0.0442. The topological polar surface area (TPSA) is 33.3 Å². The summed E-state index contributed by atoms with van der Waals surface area (Å²) < 4.78 is 6.50. The van der Waals surface area contributed by atoms with Crippen molar-refractivity contribution in [1.29, 1.82) is 0 Å². The lowest BCUT2D eigenvalue weighted by Crippen LogP contribution is -2.56. The third-order valence-corrected chi connectivity index (χ3v) is 5.16. The van der Waals surface area contributed by atoms with Gasteiger partial charge in [0.05, 0.1) is 0 Å². The highest BCUT2D eigenvalue weighted by atomic mass is 35.5. The Labute approximate surface area is 132 Å². The van der Waals surface area contributed by atoms with E-state index in [1.807, 2.05) is 12.1 Å². The third-order valence-electron chi connectivity index (χ3n) is 4.92. The molecule has 1 aromatic carbocycles. The van der Waals surface area contributed by atoms with Crippen molar-refractivity contribution in [1.82, 2.24) is 10.6 Å². The third kappa shape index (κ3) is 2.92. The van der Waals surface area contributed by atoms with E-state index in [1.165, 1.54) is 5.56 Å². The van der Waals surface area contributed by atoms with Gasteiger partial charge in [0.1, 0.15) is 11.4 Å². The van der Waals surface area contributed by atoms with E-state index in [4.69, 9.17) is 16.3 Å². The summed E-state index contributed by atoms with van der Waals surface area (Å²) in [6, 6.07) is 6.37. The first-order valence-electron chi connectivity index (χ1n) is 8.07. The first kappa shape index (κ1) is 15.1. The monoisotopic (exact) mass is 308 g/mol. The maximum Gasteiger partial charge on any atom is 0.125 e. The van der Waals surface area contributed by atoms with E-state index in [-0.39, 0.29) is 5.60 Å². The number of benzene rings is 1. The first-order chi connectivity index (χ1) is 10.1. The summed E-state index contributed by atoms with van der Waals surface area (Å²) in [7, 11) is 0. The second-order valence-electron chi connectivity index (χ2n) is 6.41. The second kappa shape index (κ2) is 6.15. The lowest BCUT2D eigenvalue weighted by atomic mass is 9.75. The minimum absolute atomic E-state index is 0.0442. The number of hydrogen-bond acceptors (Lipinski definition) is 3. The molecule has 3 nitrogen and oxygen atoms in total. The molecule has 0 saturated carbocycles. The second-order valence-corrected chi connectivity index (χ2v) is 6.85. The average molecular weight is 309 g/mol. The van der Waals surface area contributed by atoms with E-state index in [0.29, 0.717) is 12.0 Å². The van der Waals surface area contributed by atoms with Crippen LogP contribution in [-0.2, 0) is 0 Å². The van der Waals surface area contributed by atoms with Crippen molar-refractivity contribution < 1.29 is 4.74 Å².